The summed E-state index contributed by atoms with van der Waals surface area (Å²) in [6.45, 7) is -0.382. The standard InChI is InChI=1S/C12H10N2O3.C10H9F6N/c15-7-10-13-6-9(12(16)17)11(14-10)8-4-2-1-3-5-8;1-17-5-6-2-7(9(11,12)13)4-8(3-6)10(14,15)16/h1-6,15H,7H2,(H,16,17);2-4,17H,5H2,1H3. The smallest absolute Gasteiger partial charge is 0.416 e. The lowest BCUT2D eigenvalue weighted by atomic mass is 10.0. The fourth-order valence-corrected chi connectivity index (χ4v) is 2.79. The number of halogens is 6. The van der Waals surface area contributed by atoms with Gasteiger partial charge in [-0.2, -0.15) is 26.3 Å². The Labute approximate surface area is 189 Å². The number of hydrogen-bond acceptors (Lipinski definition) is 5. The van der Waals surface area contributed by atoms with E-state index in [1.54, 1.807) is 24.3 Å². The molecule has 0 atom stereocenters. The number of aromatic carboxylic acids is 1. The lowest BCUT2D eigenvalue weighted by molar-refractivity contribution is -0.143. The van der Waals surface area contributed by atoms with E-state index in [1.807, 2.05) is 6.07 Å². The van der Waals surface area contributed by atoms with E-state index in [9.17, 15) is 31.1 Å². The van der Waals surface area contributed by atoms with Crippen LogP contribution in [-0.2, 0) is 25.5 Å². The molecule has 12 heteroatoms. The minimum absolute atomic E-state index is 0.0217. The second-order valence-electron chi connectivity index (χ2n) is 6.82. The van der Waals surface area contributed by atoms with Crippen molar-refractivity contribution in [3.05, 3.63) is 82.8 Å². The van der Waals surface area contributed by atoms with Gasteiger partial charge in [0.05, 0.1) is 16.8 Å². The van der Waals surface area contributed by atoms with E-state index < -0.39 is 29.4 Å². The second kappa shape index (κ2) is 11.1. The quantitative estimate of drug-likeness (QED) is 0.449. The third-order valence-electron chi connectivity index (χ3n) is 4.29. The summed E-state index contributed by atoms with van der Waals surface area (Å²) in [5.74, 6) is -0.887. The highest BCUT2D eigenvalue weighted by Crippen LogP contribution is 2.36. The number of alkyl halides is 6. The van der Waals surface area contributed by atoms with Gasteiger partial charge in [-0.05, 0) is 30.8 Å². The summed E-state index contributed by atoms with van der Waals surface area (Å²) in [6.07, 6.45) is -8.36. The van der Waals surface area contributed by atoms with Gasteiger partial charge in [0.25, 0.3) is 0 Å². The molecule has 0 saturated carbocycles. The zero-order valence-corrected chi connectivity index (χ0v) is 17.6. The molecule has 1 heterocycles. The van der Waals surface area contributed by atoms with Crippen molar-refractivity contribution in [3.63, 3.8) is 0 Å². The van der Waals surface area contributed by atoms with Gasteiger partial charge < -0.3 is 15.5 Å². The maximum Gasteiger partial charge on any atom is 0.416 e. The number of aliphatic hydroxyl groups is 1. The molecule has 0 radical (unpaired) electrons. The molecule has 0 aliphatic carbocycles. The van der Waals surface area contributed by atoms with Crippen molar-refractivity contribution in [2.45, 2.75) is 25.5 Å². The summed E-state index contributed by atoms with van der Waals surface area (Å²) in [6, 6.07) is 10.4. The topological polar surface area (TPSA) is 95.3 Å². The lowest BCUT2D eigenvalue weighted by Gasteiger charge is -2.13. The molecule has 6 nitrogen and oxygen atoms in total. The highest BCUT2D eigenvalue weighted by Gasteiger charge is 2.36. The Balaban J connectivity index is 0.000000240. The maximum absolute atomic E-state index is 12.4. The van der Waals surface area contributed by atoms with Crippen LogP contribution in [0.2, 0.25) is 0 Å². The van der Waals surface area contributed by atoms with Gasteiger partial charge in [-0.1, -0.05) is 30.3 Å². The van der Waals surface area contributed by atoms with Gasteiger partial charge in [-0.3, -0.25) is 0 Å². The number of nitrogens with zero attached hydrogens (tertiary/aromatic N) is 2. The summed E-state index contributed by atoms with van der Waals surface area (Å²) < 4.78 is 74.3. The minimum Gasteiger partial charge on any atom is -0.478 e. The molecular formula is C22H19F6N3O3. The van der Waals surface area contributed by atoms with E-state index in [2.05, 4.69) is 15.3 Å². The summed E-state index contributed by atoms with van der Waals surface area (Å²) in [7, 11) is 1.44. The Hall–Kier alpha value is -3.51. The van der Waals surface area contributed by atoms with Gasteiger partial charge in [-0.15, -0.1) is 0 Å². The van der Waals surface area contributed by atoms with Crippen molar-refractivity contribution < 1.29 is 41.4 Å². The first-order valence-corrected chi connectivity index (χ1v) is 9.55. The molecule has 3 rings (SSSR count). The van der Waals surface area contributed by atoms with Crippen LogP contribution in [0.1, 0.15) is 32.9 Å². The molecular weight excluding hydrogens is 468 g/mol. The molecule has 0 spiro atoms. The van der Waals surface area contributed by atoms with Gasteiger partial charge in [0.2, 0.25) is 0 Å². The monoisotopic (exact) mass is 487 g/mol. The van der Waals surface area contributed by atoms with Crippen molar-refractivity contribution in [1.82, 2.24) is 15.3 Å². The SMILES string of the molecule is CNCc1cc(C(F)(F)F)cc(C(F)(F)F)c1.O=C(O)c1cnc(CO)nc1-c1ccccc1. The number of aliphatic hydroxyl groups excluding tert-OH is 1. The first-order valence-electron chi connectivity index (χ1n) is 9.55. The molecule has 0 fully saturated rings. The Morgan fingerprint density at radius 3 is 1.97 bits per heavy atom. The molecule has 34 heavy (non-hydrogen) atoms. The molecule has 182 valence electrons. The summed E-state index contributed by atoms with van der Waals surface area (Å²) in [4.78, 5) is 18.9. The van der Waals surface area contributed by atoms with Crippen molar-refractivity contribution in [2.24, 2.45) is 0 Å². The average Bonchev–Trinajstić information content (AvgIpc) is 2.78. The van der Waals surface area contributed by atoms with Crippen LogP contribution in [0.15, 0.2) is 54.7 Å². The van der Waals surface area contributed by atoms with E-state index in [0.717, 1.165) is 0 Å². The molecule has 0 amide bonds. The van der Waals surface area contributed by atoms with Gasteiger partial charge >= 0.3 is 18.3 Å². The van der Waals surface area contributed by atoms with Crippen molar-refractivity contribution >= 4 is 5.97 Å². The minimum atomic E-state index is -4.79. The highest BCUT2D eigenvalue weighted by atomic mass is 19.4. The Kier molecular flexibility index (Phi) is 8.71. The van der Waals surface area contributed by atoms with Crippen LogP contribution in [0.25, 0.3) is 11.3 Å². The summed E-state index contributed by atoms with van der Waals surface area (Å²) in [5.41, 5.74) is -1.63. The maximum atomic E-state index is 12.4. The molecule has 0 unspecified atom stereocenters. The van der Waals surface area contributed by atoms with Crippen LogP contribution >= 0.6 is 0 Å². The summed E-state index contributed by atoms with van der Waals surface area (Å²) in [5, 5.41) is 20.5. The zero-order chi connectivity index (χ0) is 25.5. The largest absolute Gasteiger partial charge is 0.478 e. The normalized spacial score (nSPS) is 11.5. The van der Waals surface area contributed by atoms with E-state index in [-0.39, 0.29) is 36.2 Å². The molecule has 3 aromatic rings. The number of rotatable bonds is 5. The predicted octanol–water partition coefficient (Wildman–Crippen LogP) is 4.78. The molecule has 0 saturated heterocycles. The van der Waals surface area contributed by atoms with Crippen LogP contribution < -0.4 is 5.32 Å². The Morgan fingerprint density at radius 1 is 0.971 bits per heavy atom. The van der Waals surface area contributed by atoms with Crippen molar-refractivity contribution in [2.75, 3.05) is 7.05 Å². The van der Waals surface area contributed by atoms with Crippen LogP contribution in [-0.4, -0.2) is 33.2 Å². The average molecular weight is 487 g/mol. The molecule has 0 bridgehead atoms. The highest BCUT2D eigenvalue weighted by molar-refractivity contribution is 5.94. The number of benzene rings is 2. The molecule has 0 aliphatic rings. The van der Waals surface area contributed by atoms with Gasteiger partial charge in [0.15, 0.2) is 5.82 Å². The predicted molar refractivity (Wildman–Crippen MR) is 110 cm³/mol. The zero-order valence-electron chi connectivity index (χ0n) is 17.6. The Morgan fingerprint density at radius 2 is 1.53 bits per heavy atom. The van der Waals surface area contributed by atoms with E-state index in [1.165, 1.54) is 13.2 Å². The number of carbonyl (C=O) groups is 1. The molecule has 2 aromatic carbocycles. The Bertz CT molecular complexity index is 1090. The van der Waals surface area contributed by atoms with Gasteiger partial charge in [-0.25, -0.2) is 14.8 Å². The number of carboxylic acid groups (broad SMARTS) is 1. The lowest BCUT2D eigenvalue weighted by Crippen LogP contribution is -2.14. The summed E-state index contributed by atoms with van der Waals surface area (Å²) >= 11 is 0. The van der Waals surface area contributed by atoms with Crippen molar-refractivity contribution in [1.29, 1.82) is 0 Å². The van der Waals surface area contributed by atoms with Crippen LogP contribution in [0.3, 0.4) is 0 Å². The fourth-order valence-electron chi connectivity index (χ4n) is 2.79. The van der Waals surface area contributed by atoms with E-state index in [0.29, 0.717) is 23.4 Å². The molecule has 0 aliphatic heterocycles. The van der Waals surface area contributed by atoms with Gasteiger partial charge in [0, 0.05) is 18.3 Å². The number of nitrogens with one attached hydrogen (secondary N) is 1. The third kappa shape index (κ3) is 7.25. The number of hydrogen-bond donors (Lipinski definition) is 3. The van der Waals surface area contributed by atoms with Crippen LogP contribution in [0, 0.1) is 0 Å². The second-order valence-corrected chi connectivity index (χ2v) is 6.82. The number of aromatic nitrogens is 2. The fraction of sp³-hybridized carbons (Fsp3) is 0.227. The van der Waals surface area contributed by atoms with E-state index >= 15 is 0 Å². The first-order chi connectivity index (χ1) is 15.9. The number of carboxylic acids is 1. The van der Waals surface area contributed by atoms with E-state index in [4.69, 9.17) is 10.2 Å². The van der Waals surface area contributed by atoms with Crippen LogP contribution in [0.4, 0.5) is 26.3 Å². The first kappa shape index (κ1) is 26.7. The molecule has 1 aromatic heterocycles. The van der Waals surface area contributed by atoms with Crippen LogP contribution in [0.5, 0.6) is 0 Å². The van der Waals surface area contributed by atoms with Crippen molar-refractivity contribution in [3.8, 4) is 11.3 Å². The third-order valence-corrected chi connectivity index (χ3v) is 4.29. The van der Waals surface area contributed by atoms with Gasteiger partial charge in [0.1, 0.15) is 12.2 Å². The molecule has 3 N–H and O–H groups in total.